The lowest BCUT2D eigenvalue weighted by molar-refractivity contribution is 0.274. The van der Waals surface area contributed by atoms with Crippen molar-refractivity contribution in [1.29, 1.82) is 0 Å². The minimum absolute atomic E-state index is 0.288. The third-order valence-corrected chi connectivity index (χ3v) is 4.13. The van der Waals surface area contributed by atoms with E-state index in [1.165, 1.54) is 0 Å². The Balaban J connectivity index is 2.33. The minimum Gasteiger partial charge on any atom is -0.453 e. The fraction of sp³-hybridized carbons (Fsp3) is 1.00. The van der Waals surface area contributed by atoms with Crippen molar-refractivity contribution >= 4 is 21.4 Å². The van der Waals surface area contributed by atoms with Crippen LogP contribution in [0.4, 0.5) is 13.2 Å². The summed E-state index contributed by atoms with van der Waals surface area (Å²) in [6.07, 6.45) is 8.94. The Labute approximate surface area is 145 Å². The van der Waals surface area contributed by atoms with Gasteiger partial charge in [-0.2, -0.15) is 0 Å². The standard InChI is InChI=1S/C15H30B3F3O3/c19-13-7-1-4-10-16-22-17(11-5-2-8-14-20)24-18(23-16)12-6-3-9-15-21/h1-15H2. The zero-order valence-corrected chi connectivity index (χ0v) is 14.7. The Bertz CT molecular complexity index is 245. The Morgan fingerprint density at radius 3 is 0.958 bits per heavy atom. The molecule has 0 spiro atoms. The van der Waals surface area contributed by atoms with Crippen LogP contribution in [0, 0.1) is 0 Å². The molecule has 0 aliphatic carbocycles. The first-order chi connectivity index (χ1) is 11.8. The Kier molecular flexibility index (Phi) is 13.8. The van der Waals surface area contributed by atoms with E-state index in [2.05, 4.69) is 0 Å². The van der Waals surface area contributed by atoms with Gasteiger partial charge in [-0.25, -0.2) is 0 Å². The predicted octanol–water partition coefficient (Wildman–Crippen LogP) is 4.93. The van der Waals surface area contributed by atoms with Crippen LogP contribution < -0.4 is 0 Å². The lowest BCUT2D eigenvalue weighted by atomic mass is 9.64. The molecule has 0 aromatic heterocycles. The quantitative estimate of drug-likeness (QED) is 0.310. The molecule has 24 heavy (non-hydrogen) atoms. The summed E-state index contributed by atoms with van der Waals surface area (Å²) in [5, 5.41) is 0. The molecule has 0 bridgehead atoms. The molecule has 1 rings (SSSR count). The second-order valence-electron chi connectivity index (χ2n) is 6.31. The van der Waals surface area contributed by atoms with Crippen molar-refractivity contribution < 1.29 is 26.9 Å². The summed E-state index contributed by atoms with van der Waals surface area (Å²) in [6.45, 7) is -0.863. The van der Waals surface area contributed by atoms with Gasteiger partial charge in [0.15, 0.2) is 0 Å². The summed E-state index contributed by atoms with van der Waals surface area (Å²) < 4.78 is 53.9. The molecule has 1 saturated heterocycles. The van der Waals surface area contributed by atoms with Crippen LogP contribution in [0.1, 0.15) is 57.8 Å². The number of hydrogen-bond acceptors (Lipinski definition) is 3. The maximum Gasteiger partial charge on any atom is 0.429 e. The molecule has 0 unspecified atom stereocenters. The van der Waals surface area contributed by atoms with Crippen LogP contribution in [0.5, 0.6) is 0 Å². The van der Waals surface area contributed by atoms with Gasteiger partial charge in [-0.1, -0.05) is 38.5 Å². The molecule has 1 fully saturated rings. The van der Waals surface area contributed by atoms with Crippen molar-refractivity contribution in [3.05, 3.63) is 0 Å². The first-order valence-electron chi connectivity index (χ1n) is 9.44. The van der Waals surface area contributed by atoms with E-state index < -0.39 is 0 Å². The monoisotopic (exact) mass is 348 g/mol. The fourth-order valence-electron chi connectivity index (χ4n) is 2.76. The van der Waals surface area contributed by atoms with Gasteiger partial charge in [0.2, 0.25) is 0 Å². The molecule has 138 valence electrons. The van der Waals surface area contributed by atoms with Gasteiger partial charge in [-0.3, -0.25) is 13.2 Å². The van der Waals surface area contributed by atoms with Crippen molar-refractivity contribution in [1.82, 2.24) is 0 Å². The van der Waals surface area contributed by atoms with Crippen molar-refractivity contribution in [3.63, 3.8) is 0 Å². The first-order valence-corrected chi connectivity index (χ1v) is 9.44. The van der Waals surface area contributed by atoms with Crippen LogP contribution >= 0.6 is 0 Å². The van der Waals surface area contributed by atoms with Crippen molar-refractivity contribution in [3.8, 4) is 0 Å². The molecule has 0 radical (unpaired) electrons. The van der Waals surface area contributed by atoms with Crippen LogP contribution in [0.3, 0.4) is 0 Å². The van der Waals surface area contributed by atoms with E-state index in [1.54, 1.807) is 0 Å². The van der Waals surface area contributed by atoms with Gasteiger partial charge in [0.1, 0.15) is 0 Å². The van der Waals surface area contributed by atoms with Gasteiger partial charge in [0.05, 0.1) is 20.0 Å². The van der Waals surface area contributed by atoms with Gasteiger partial charge in [0, 0.05) is 0 Å². The number of alkyl halides is 3. The summed E-state index contributed by atoms with van der Waals surface area (Å²) in [5.74, 6) is 0. The first kappa shape index (κ1) is 21.9. The van der Waals surface area contributed by atoms with E-state index in [1.807, 2.05) is 0 Å². The third kappa shape index (κ3) is 10.7. The Morgan fingerprint density at radius 1 is 0.417 bits per heavy atom. The van der Waals surface area contributed by atoms with Gasteiger partial charge >= 0.3 is 21.4 Å². The summed E-state index contributed by atoms with van der Waals surface area (Å²) in [4.78, 5) is 0. The van der Waals surface area contributed by atoms with Gasteiger partial charge in [-0.15, -0.1) is 0 Å². The second-order valence-corrected chi connectivity index (χ2v) is 6.31. The molecule has 0 atom stereocenters. The van der Waals surface area contributed by atoms with E-state index in [9.17, 15) is 13.2 Å². The topological polar surface area (TPSA) is 27.7 Å². The molecule has 0 aromatic rings. The normalized spacial score (nSPS) is 15.4. The van der Waals surface area contributed by atoms with Crippen molar-refractivity contribution in [2.45, 2.75) is 76.7 Å². The fourth-order valence-corrected chi connectivity index (χ4v) is 2.76. The molecule has 1 heterocycles. The number of rotatable bonds is 15. The average Bonchev–Trinajstić information content (AvgIpc) is 2.59. The molecule has 0 amide bonds. The zero-order chi connectivity index (χ0) is 17.5. The van der Waals surface area contributed by atoms with E-state index in [0.717, 1.165) is 57.5 Å². The molecule has 1 aliphatic rings. The highest BCUT2D eigenvalue weighted by Crippen LogP contribution is 2.21. The van der Waals surface area contributed by atoms with E-state index in [4.69, 9.17) is 13.7 Å². The second kappa shape index (κ2) is 15.1. The van der Waals surface area contributed by atoms with Crippen LogP contribution in [0.2, 0.25) is 19.0 Å². The summed E-state index contributed by atoms with van der Waals surface area (Å²) in [6, 6.07) is 0. The molecule has 0 saturated carbocycles. The number of unbranched alkanes of at least 4 members (excludes halogenated alkanes) is 6. The maximum atomic E-state index is 12.2. The lowest BCUT2D eigenvalue weighted by Gasteiger charge is -2.31. The lowest BCUT2D eigenvalue weighted by Crippen LogP contribution is -2.48. The van der Waals surface area contributed by atoms with Crippen LogP contribution in [0.25, 0.3) is 0 Å². The largest absolute Gasteiger partial charge is 0.453 e. The zero-order valence-electron chi connectivity index (χ0n) is 14.7. The molecule has 0 N–H and O–H groups in total. The van der Waals surface area contributed by atoms with E-state index in [0.29, 0.717) is 19.3 Å². The smallest absolute Gasteiger partial charge is 0.429 e. The highest BCUT2D eigenvalue weighted by molar-refractivity contribution is 6.73. The van der Waals surface area contributed by atoms with E-state index >= 15 is 0 Å². The SMILES string of the molecule is FCCCCCB1OB(CCCCCF)OB(CCCCCF)O1. The number of hydrogen-bond donors (Lipinski definition) is 0. The average molecular weight is 348 g/mol. The maximum absolute atomic E-state index is 12.2. The Hall–Kier alpha value is -0.135. The highest BCUT2D eigenvalue weighted by atomic mass is 19.1. The number of halogens is 3. The molecule has 0 aromatic carbocycles. The third-order valence-electron chi connectivity index (χ3n) is 4.13. The Morgan fingerprint density at radius 2 is 0.708 bits per heavy atom. The highest BCUT2D eigenvalue weighted by Gasteiger charge is 2.39. The molecule has 3 nitrogen and oxygen atoms in total. The minimum atomic E-state index is -0.323. The van der Waals surface area contributed by atoms with Crippen LogP contribution in [-0.4, -0.2) is 41.4 Å². The van der Waals surface area contributed by atoms with Crippen molar-refractivity contribution in [2.75, 3.05) is 20.0 Å². The van der Waals surface area contributed by atoms with Crippen molar-refractivity contribution in [2.24, 2.45) is 0 Å². The summed E-state index contributed by atoms with van der Waals surface area (Å²) in [7, 11) is -0.970. The van der Waals surface area contributed by atoms with Gasteiger partial charge in [-0.05, 0) is 38.2 Å². The van der Waals surface area contributed by atoms with Crippen LogP contribution in [0.15, 0.2) is 0 Å². The van der Waals surface area contributed by atoms with Gasteiger partial charge < -0.3 is 13.7 Å². The molecular weight excluding hydrogens is 318 g/mol. The van der Waals surface area contributed by atoms with Gasteiger partial charge in [0.25, 0.3) is 0 Å². The summed E-state index contributed by atoms with van der Waals surface area (Å²) >= 11 is 0. The van der Waals surface area contributed by atoms with Crippen LogP contribution in [-0.2, 0) is 13.7 Å². The molecular formula is C15H30B3F3O3. The molecule has 1 aliphatic heterocycles. The van der Waals surface area contributed by atoms with E-state index in [-0.39, 0.29) is 41.4 Å². The predicted molar refractivity (Wildman–Crippen MR) is 94.4 cm³/mol. The summed E-state index contributed by atoms with van der Waals surface area (Å²) in [5.41, 5.74) is 0. The molecule has 9 heteroatoms.